The van der Waals surface area contributed by atoms with E-state index in [2.05, 4.69) is 32.9 Å². The number of amides is 2. The summed E-state index contributed by atoms with van der Waals surface area (Å²) < 4.78 is 15.2. The molecule has 4 aromatic rings. The van der Waals surface area contributed by atoms with E-state index >= 15 is 0 Å². The van der Waals surface area contributed by atoms with E-state index in [1.54, 1.807) is 12.1 Å². The lowest BCUT2D eigenvalue weighted by molar-refractivity contribution is 0.194. The third-order valence-electron chi connectivity index (χ3n) is 5.57. The molecule has 3 heterocycles. The minimum Gasteiger partial charge on any atom is -0.351 e. The molecule has 6 nitrogen and oxygen atoms in total. The molecule has 2 aromatic carbocycles. The predicted molar refractivity (Wildman–Crippen MR) is 115 cm³/mol. The van der Waals surface area contributed by atoms with Gasteiger partial charge in [-0.2, -0.15) is 0 Å². The van der Waals surface area contributed by atoms with Crippen molar-refractivity contribution in [2.24, 2.45) is 0 Å². The van der Waals surface area contributed by atoms with Crippen LogP contribution >= 0.6 is 0 Å². The average molecular weight is 403 g/mol. The van der Waals surface area contributed by atoms with Crippen molar-refractivity contribution in [2.75, 3.05) is 31.1 Å². The van der Waals surface area contributed by atoms with E-state index in [4.69, 9.17) is 4.98 Å². The molecule has 30 heavy (non-hydrogen) atoms. The van der Waals surface area contributed by atoms with Crippen molar-refractivity contribution in [3.05, 3.63) is 78.2 Å². The summed E-state index contributed by atoms with van der Waals surface area (Å²) in [7, 11) is 0. The van der Waals surface area contributed by atoms with Crippen LogP contribution in [0.15, 0.2) is 66.9 Å². The van der Waals surface area contributed by atoms with Crippen LogP contribution in [0.4, 0.5) is 15.0 Å². The number of aromatic nitrogens is 2. The van der Waals surface area contributed by atoms with Gasteiger partial charge in [0, 0.05) is 38.9 Å². The maximum atomic E-state index is 13.0. The normalized spacial score (nSPS) is 14.4. The van der Waals surface area contributed by atoms with Crippen LogP contribution in [-0.4, -0.2) is 46.5 Å². The number of hydrogen-bond acceptors (Lipinski definition) is 3. The number of nitrogens with one attached hydrogen (secondary N) is 1. The Kier molecular flexibility index (Phi) is 4.71. The summed E-state index contributed by atoms with van der Waals surface area (Å²) in [6.45, 7) is 3.07. The van der Waals surface area contributed by atoms with Gasteiger partial charge in [0.2, 0.25) is 0 Å². The Balaban J connectivity index is 1.27. The van der Waals surface area contributed by atoms with E-state index in [1.165, 1.54) is 12.1 Å². The van der Waals surface area contributed by atoms with Gasteiger partial charge in [0.25, 0.3) is 0 Å². The molecule has 0 aliphatic carbocycles. The van der Waals surface area contributed by atoms with Gasteiger partial charge in [-0.05, 0) is 42.0 Å². The molecule has 0 unspecified atom stereocenters. The van der Waals surface area contributed by atoms with Crippen LogP contribution in [0.3, 0.4) is 0 Å². The SMILES string of the molecule is O=C(NCc1ccc(F)cc1)N1CCN(c2nc3ccccc3n3cccc23)CC1. The van der Waals surface area contributed by atoms with Gasteiger partial charge in [-0.1, -0.05) is 24.3 Å². The van der Waals surface area contributed by atoms with E-state index in [1.807, 2.05) is 29.2 Å². The second-order valence-corrected chi connectivity index (χ2v) is 7.45. The third-order valence-corrected chi connectivity index (χ3v) is 5.57. The molecule has 1 N–H and O–H groups in total. The Morgan fingerprint density at radius 3 is 2.47 bits per heavy atom. The fraction of sp³-hybridized carbons (Fsp3) is 0.217. The lowest BCUT2D eigenvalue weighted by Crippen LogP contribution is -2.52. The first-order chi connectivity index (χ1) is 14.7. The van der Waals surface area contributed by atoms with Crippen LogP contribution in [0.1, 0.15) is 5.56 Å². The summed E-state index contributed by atoms with van der Waals surface area (Å²) >= 11 is 0. The van der Waals surface area contributed by atoms with Crippen LogP contribution in [0.25, 0.3) is 16.6 Å². The number of hydrogen-bond donors (Lipinski definition) is 1. The van der Waals surface area contributed by atoms with Crippen LogP contribution in [0.5, 0.6) is 0 Å². The van der Waals surface area contributed by atoms with E-state index in [0.717, 1.165) is 41.0 Å². The molecule has 0 atom stereocenters. The Morgan fingerprint density at radius 2 is 1.67 bits per heavy atom. The summed E-state index contributed by atoms with van der Waals surface area (Å²) in [6, 6.07) is 18.3. The van der Waals surface area contributed by atoms with Gasteiger partial charge < -0.3 is 19.5 Å². The van der Waals surface area contributed by atoms with Gasteiger partial charge in [-0.15, -0.1) is 0 Å². The van der Waals surface area contributed by atoms with Crippen molar-refractivity contribution in [1.82, 2.24) is 19.6 Å². The summed E-state index contributed by atoms with van der Waals surface area (Å²) in [6.07, 6.45) is 2.06. The van der Waals surface area contributed by atoms with E-state index < -0.39 is 0 Å². The number of nitrogens with zero attached hydrogens (tertiary/aromatic N) is 4. The maximum absolute atomic E-state index is 13.0. The lowest BCUT2D eigenvalue weighted by atomic mass is 10.2. The van der Waals surface area contributed by atoms with Gasteiger partial charge in [0.15, 0.2) is 5.82 Å². The van der Waals surface area contributed by atoms with Crippen LogP contribution in [-0.2, 0) is 6.54 Å². The molecule has 1 aliphatic rings. The zero-order chi connectivity index (χ0) is 20.5. The highest BCUT2D eigenvalue weighted by Crippen LogP contribution is 2.26. The van der Waals surface area contributed by atoms with Crippen LogP contribution in [0, 0.1) is 5.82 Å². The lowest BCUT2D eigenvalue weighted by Gasteiger charge is -2.35. The molecule has 5 rings (SSSR count). The molecule has 2 amide bonds. The smallest absolute Gasteiger partial charge is 0.317 e. The van der Waals surface area contributed by atoms with Crippen molar-refractivity contribution in [3.8, 4) is 0 Å². The monoisotopic (exact) mass is 403 g/mol. The Labute approximate surface area is 173 Å². The molecular formula is C23H22FN5O. The van der Waals surface area contributed by atoms with Gasteiger partial charge in [-0.25, -0.2) is 14.2 Å². The minimum atomic E-state index is -0.277. The average Bonchev–Trinajstić information content (AvgIpc) is 3.28. The highest BCUT2D eigenvalue weighted by Gasteiger charge is 2.23. The molecule has 1 fully saturated rings. The highest BCUT2D eigenvalue weighted by atomic mass is 19.1. The fourth-order valence-electron chi connectivity index (χ4n) is 3.95. The summed E-state index contributed by atoms with van der Waals surface area (Å²) in [5.41, 5.74) is 3.98. The summed E-state index contributed by atoms with van der Waals surface area (Å²) in [4.78, 5) is 21.5. The van der Waals surface area contributed by atoms with Gasteiger partial charge >= 0.3 is 6.03 Å². The molecule has 152 valence electrons. The number of halogens is 1. The molecule has 0 bridgehead atoms. The number of rotatable bonds is 3. The van der Waals surface area contributed by atoms with Crippen molar-refractivity contribution < 1.29 is 9.18 Å². The number of anilines is 1. The van der Waals surface area contributed by atoms with E-state index in [9.17, 15) is 9.18 Å². The number of para-hydroxylation sites is 2. The van der Waals surface area contributed by atoms with Gasteiger partial charge in [0.1, 0.15) is 5.82 Å². The molecule has 7 heteroatoms. The number of urea groups is 1. The second-order valence-electron chi connectivity index (χ2n) is 7.45. The zero-order valence-corrected chi connectivity index (χ0v) is 16.5. The molecular weight excluding hydrogens is 381 g/mol. The van der Waals surface area contributed by atoms with Crippen molar-refractivity contribution in [3.63, 3.8) is 0 Å². The molecule has 0 radical (unpaired) electrons. The van der Waals surface area contributed by atoms with E-state index in [0.29, 0.717) is 19.6 Å². The number of piperazine rings is 1. The molecule has 0 saturated carbocycles. The highest BCUT2D eigenvalue weighted by molar-refractivity contribution is 5.85. The minimum absolute atomic E-state index is 0.0988. The molecule has 1 aliphatic heterocycles. The van der Waals surface area contributed by atoms with Gasteiger partial charge in [-0.3, -0.25) is 0 Å². The first kappa shape index (κ1) is 18.4. The molecule has 2 aromatic heterocycles. The summed E-state index contributed by atoms with van der Waals surface area (Å²) in [5.74, 6) is 0.672. The Morgan fingerprint density at radius 1 is 0.933 bits per heavy atom. The third kappa shape index (κ3) is 3.43. The fourth-order valence-corrected chi connectivity index (χ4v) is 3.95. The zero-order valence-electron chi connectivity index (χ0n) is 16.5. The van der Waals surface area contributed by atoms with Gasteiger partial charge in [0.05, 0.1) is 16.6 Å². The number of benzene rings is 2. The second kappa shape index (κ2) is 7.67. The standard InChI is InChI=1S/C23H22FN5O/c24-18-9-7-17(8-10-18)16-25-23(30)28-14-12-27(13-15-28)22-21-6-3-11-29(21)20-5-2-1-4-19(20)26-22/h1-11H,12-16H2,(H,25,30). The first-order valence-corrected chi connectivity index (χ1v) is 10.1. The number of carbonyl (C=O) groups excluding carboxylic acids is 1. The molecule has 1 saturated heterocycles. The first-order valence-electron chi connectivity index (χ1n) is 10.1. The Hall–Kier alpha value is -3.61. The quantitative estimate of drug-likeness (QED) is 0.568. The van der Waals surface area contributed by atoms with Crippen molar-refractivity contribution in [2.45, 2.75) is 6.54 Å². The van der Waals surface area contributed by atoms with E-state index in [-0.39, 0.29) is 11.8 Å². The Bertz CT molecular complexity index is 1200. The number of fused-ring (bicyclic) bond motifs is 3. The molecule has 0 spiro atoms. The summed E-state index contributed by atoms with van der Waals surface area (Å²) in [5, 5.41) is 2.92. The largest absolute Gasteiger partial charge is 0.351 e. The van der Waals surface area contributed by atoms with Crippen molar-refractivity contribution in [1.29, 1.82) is 0 Å². The number of carbonyl (C=O) groups is 1. The predicted octanol–water partition coefficient (Wildman–Crippen LogP) is 3.66. The van der Waals surface area contributed by atoms with Crippen LogP contribution < -0.4 is 10.2 Å². The van der Waals surface area contributed by atoms with Crippen molar-refractivity contribution >= 4 is 28.4 Å². The maximum Gasteiger partial charge on any atom is 0.317 e. The van der Waals surface area contributed by atoms with Crippen LogP contribution in [0.2, 0.25) is 0 Å². The topological polar surface area (TPSA) is 52.9 Å².